The Labute approximate surface area is 104 Å². The van der Waals surface area contributed by atoms with Gasteiger partial charge in [-0.25, -0.2) is 0 Å². The normalized spacial score (nSPS) is 10.1. The molecule has 16 heavy (non-hydrogen) atoms. The van der Waals surface area contributed by atoms with Crippen LogP contribution in [0.4, 0.5) is 0 Å². The predicted molar refractivity (Wildman–Crippen MR) is 65.6 cm³/mol. The van der Waals surface area contributed by atoms with Crippen LogP contribution < -0.4 is 4.74 Å². The summed E-state index contributed by atoms with van der Waals surface area (Å²) in [5.74, 6) is 0.413. The molecule has 0 saturated carbocycles. The van der Waals surface area contributed by atoms with Crippen molar-refractivity contribution >= 4 is 29.3 Å². The topological polar surface area (TPSA) is 46.5 Å². The van der Waals surface area contributed by atoms with Gasteiger partial charge in [0.2, 0.25) is 0 Å². The molecule has 5 heteroatoms. The average Bonchev–Trinajstić information content (AvgIpc) is 2.21. The van der Waals surface area contributed by atoms with Crippen LogP contribution in [0.5, 0.6) is 5.75 Å². The zero-order chi connectivity index (χ0) is 12.0. The van der Waals surface area contributed by atoms with Crippen molar-refractivity contribution in [3.05, 3.63) is 23.2 Å². The average molecular weight is 261 g/mol. The highest BCUT2D eigenvalue weighted by Crippen LogP contribution is 2.30. The fraction of sp³-hybridized carbons (Fsp3) is 0.364. The van der Waals surface area contributed by atoms with Gasteiger partial charge >= 0.3 is 5.97 Å². The lowest BCUT2D eigenvalue weighted by molar-refractivity contribution is -0.136. The molecule has 1 aromatic rings. The van der Waals surface area contributed by atoms with Gasteiger partial charge < -0.3 is 9.84 Å². The highest BCUT2D eigenvalue weighted by molar-refractivity contribution is 7.99. The zero-order valence-corrected chi connectivity index (χ0v) is 10.5. The molecule has 1 aromatic carbocycles. The highest BCUT2D eigenvalue weighted by atomic mass is 35.5. The molecule has 0 heterocycles. The van der Waals surface area contributed by atoms with Crippen molar-refractivity contribution in [3.8, 4) is 5.75 Å². The Balaban J connectivity index is 2.55. The maximum atomic E-state index is 10.3. The third-order valence-electron chi connectivity index (χ3n) is 1.79. The first kappa shape index (κ1) is 13.2. The summed E-state index contributed by atoms with van der Waals surface area (Å²) in [4.78, 5) is 11.3. The first-order valence-electron chi connectivity index (χ1n) is 4.90. The van der Waals surface area contributed by atoms with Crippen LogP contribution in [0.3, 0.4) is 0 Å². The molecule has 0 aliphatic heterocycles. The number of ether oxygens (including phenoxy) is 1. The molecular weight excluding hydrogens is 248 g/mol. The lowest BCUT2D eigenvalue weighted by atomic mass is 10.3. The van der Waals surface area contributed by atoms with Crippen LogP contribution in [0.2, 0.25) is 5.02 Å². The number of halogens is 1. The Bertz CT molecular complexity index is 368. The number of carbonyl (C=O) groups is 1. The SMILES string of the molecule is CCOc1ccc(SCCC(=O)O)cc1Cl. The number of rotatable bonds is 6. The fourth-order valence-corrected chi connectivity index (χ4v) is 2.28. The Morgan fingerprint density at radius 3 is 2.88 bits per heavy atom. The minimum atomic E-state index is -0.787. The van der Waals surface area contributed by atoms with E-state index in [-0.39, 0.29) is 6.42 Å². The molecule has 0 aliphatic rings. The van der Waals surface area contributed by atoms with Crippen LogP contribution in [0.25, 0.3) is 0 Å². The number of benzene rings is 1. The van der Waals surface area contributed by atoms with E-state index in [0.717, 1.165) is 4.90 Å². The van der Waals surface area contributed by atoms with E-state index in [0.29, 0.717) is 23.1 Å². The van der Waals surface area contributed by atoms with E-state index < -0.39 is 5.97 Å². The molecule has 0 spiro atoms. The summed E-state index contributed by atoms with van der Waals surface area (Å²) in [7, 11) is 0. The number of aliphatic carboxylic acids is 1. The van der Waals surface area contributed by atoms with Crippen LogP contribution in [0.15, 0.2) is 23.1 Å². The van der Waals surface area contributed by atoms with Crippen molar-refractivity contribution in [2.45, 2.75) is 18.2 Å². The van der Waals surface area contributed by atoms with Gasteiger partial charge in [-0.2, -0.15) is 0 Å². The summed E-state index contributed by atoms with van der Waals surface area (Å²) < 4.78 is 5.30. The van der Waals surface area contributed by atoms with Crippen LogP contribution in [0.1, 0.15) is 13.3 Å². The number of carboxylic acids is 1. The number of hydrogen-bond donors (Lipinski definition) is 1. The van der Waals surface area contributed by atoms with Gasteiger partial charge in [-0.15, -0.1) is 11.8 Å². The van der Waals surface area contributed by atoms with Gasteiger partial charge in [-0.05, 0) is 25.1 Å². The quantitative estimate of drug-likeness (QED) is 0.797. The van der Waals surface area contributed by atoms with Crippen molar-refractivity contribution in [2.75, 3.05) is 12.4 Å². The van der Waals surface area contributed by atoms with Gasteiger partial charge in [0.05, 0.1) is 18.1 Å². The lowest BCUT2D eigenvalue weighted by Gasteiger charge is -2.07. The van der Waals surface area contributed by atoms with Crippen LogP contribution >= 0.6 is 23.4 Å². The summed E-state index contributed by atoms with van der Waals surface area (Å²) in [5, 5.41) is 9.06. The molecule has 0 atom stereocenters. The van der Waals surface area contributed by atoms with E-state index in [1.165, 1.54) is 11.8 Å². The Hall–Kier alpha value is -0.870. The smallest absolute Gasteiger partial charge is 0.304 e. The van der Waals surface area contributed by atoms with E-state index in [4.69, 9.17) is 21.4 Å². The standard InChI is InChI=1S/C11H13ClO3S/c1-2-15-10-4-3-8(7-9(10)12)16-6-5-11(13)14/h3-4,7H,2,5-6H2,1H3,(H,13,14). The number of carboxylic acid groups (broad SMARTS) is 1. The molecule has 0 bridgehead atoms. The van der Waals surface area contributed by atoms with Crippen LogP contribution in [-0.4, -0.2) is 23.4 Å². The van der Waals surface area contributed by atoms with E-state index in [1.807, 2.05) is 13.0 Å². The predicted octanol–water partition coefficient (Wildman–Crippen LogP) is 3.31. The van der Waals surface area contributed by atoms with Gasteiger partial charge in [0.15, 0.2) is 0 Å². The van der Waals surface area contributed by atoms with Gasteiger partial charge in [0.1, 0.15) is 5.75 Å². The van der Waals surface area contributed by atoms with Crippen molar-refractivity contribution < 1.29 is 14.6 Å². The second-order valence-electron chi connectivity index (χ2n) is 3.02. The molecule has 3 nitrogen and oxygen atoms in total. The molecule has 0 saturated heterocycles. The Morgan fingerprint density at radius 2 is 2.31 bits per heavy atom. The molecule has 1 rings (SSSR count). The fourth-order valence-electron chi connectivity index (χ4n) is 1.10. The van der Waals surface area contributed by atoms with Gasteiger partial charge in [0, 0.05) is 10.6 Å². The molecule has 0 radical (unpaired) electrons. The minimum Gasteiger partial charge on any atom is -0.492 e. The van der Waals surface area contributed by atoms with Crippen molar-refractivity contribution in [1.82, 2.24) is 0 Å². The monoisotopic (exact) mass is 260 g/mol. The zero-order valence-electron chi connectivity index (χ0n) is 8.90. The van der Waals surface area contributed by atoms with Crippen LogP contribution in [0, 0.1) is 0 Å². The van der Waals surface area contributed by atoms with E-state index >= 15 is 0 Å². The van der Waals surface area contributed by atoms with Crippen molar-refractivity contribution in [3.63, 3.8) is 0 Å². The van der Waals surface area contributed by atoms with Crippen molar-refractivity contribution in [2.24, 2.45) is 0 Å². The summed E-state index contributed by atoms with van der Waals surface area (Å²) >= 11 is 7.46. The maximum absolute atomic E-state index is 10.3. The van der Waals surface area contributed by atoms with Gasteiger partial charge in [-0.3, -0.25) is 4.79 Å². The second-order valence-corrected chi connectivity index (χ2v) is 4.59. The van der Waals surface area contributed by atoms with Gasteiger partial charge in [-0.1, -0.05) is 11.6 Å². The first-order valence-corrected chi connectivity index (χ1v) is 6.26. The molecule has 0 aliphatic carbocycles. The van der Waals surface area contributed by atoms with Crippen molar-refractivity contribution in [1.29, 1.82) is 0 Å². The van der Waals surface area contributed by atoms with Crippen LogP contribution in [-0.2, 0) is 4.79 Å². The summed E-state index contributed by atoms with van der Waals surface area (Å²) in [5.41, 5.74) is 0. The van der Waals surface area contributed by atoms with E-state index in [9.17, 15) is 4.79 Å². The first-order chi connectivity index (χ1) is 7.63. The third kappa shape index (κ3) is 4.33. The number of thioether (sulfide) groups is 1. The molecule has 0 fully saturated rings. The molecule has 0 aromatic heterocycles. The summed E-state index contributed by atoms with van der Waals surface area (Å²) in [6, 6.07) is 5.47. The molecule has 88 valence electrons. The van der Waals surface area contributed by atoms with E-state index in [1.54, 1.807) is 12.1 Å². The summed E-state index contributed by atoms with van der Waals surface area (Å²) in [6.45, 7) is 2.47. The molecular formula is C11H13ClO3S. The lowest BCUT2D eigenvalue weighted by Crippen LogP contribution is -1.96. The highest BCUT2D eigenvalue weighted by Gasteiger charge is 2.04. The largest absolute Gasteiger partial charge is 0.492 e. The molecule has 0 amide bonds. The Kier molecular flexibility index (Phi) is 5.49. The van der Waals surface area contributed by atoms with Gasteiger partial charge in [0.25, 0.3) is 0 Å². The second kappa shape index (κ2) is 6.66. The maximum Gasteiger partial charge on any atom is 0.304 e. The van der Waals surface area contributed by atoms with E-state index in [2.05, 4.69) is 0 Å². The molecule has 1 N–H and O–H groups in total. The Morgan fingerprint density at radius 1 is 1.56 bits per heavy atom. The number of hydrogen-bond acceptors (Lipinski definition) is 3. The third-order valence-corrected chi connectivity index (χ3v) is 3.08. The molecule has 0 unspecified atom stereocenters. The minimum absolute atomic E-state index is 0.148. The summed E-state index contributed by atoms with van der Waals surface area (Å²) in [6.07, 6.45) is 0.148.